The van der Waals surface area contributed by atoms with E-state index in [4.69, 9.17) is 57.3 Å². The minimum atomic E-state index is 0.597. The van der Waals surface area contributed by atoms with Gasteiger partial charge in [-0.15, -0.1) is 0 Å². The first-order chi connectivity index (χ1) is 15.6. The molecule has 14 nitrogen and oxygen atoms in total. The van der Waals surface area contributed by atoms with Gasteiger partial charge in [-0.2, -0.15) is 0 Å². The number of nitrogens with two attached hydrogens (primary N) is 10. The third kappa shape index (κ3) is 88.1. The Morgan fingerprint density at radius 2 is 0.344 bits per heavy atom. The average molecular weight is 473 g/mol. The standard InChI is InChI=1S/4C4H13N3.C2H8N2/c4*5-1-3-7-4-2-6;3-1-2-4/h4*7H,1-6H2;1-4H2. The van der Waals surface area contributed by atoms with Crippen LogP contribution in [0, 0.1) is 0 Å². The van der Waals surface area contributed by atoms with Gasteiger partial charge in [-0.25, -0.2) is 0 Å². The normalized spacial score (nSPS) is 9.19. The Morgan fingerprint density at radius 1 is 0.219 bits per heavy atom. The topological polar surface area (TPSA) is 308 Å². The molecule has 0 amide bonds. The Kier molecular flexibility index (Phi) is 74.7. The van der Waals surface area contributed by atoms with E-state index in [0.717, 1.165) is 52.4 Å². The van der Waals surface area contributed by atoms with Crippen molar-refractivity contribution in [2.24, 2.45) is 57.3 Å². The highest BCUT2D eigenvalue weighted by Gasteiger charge is 1.78. The summed E-state index contributed by atoms with van der Waals surface area (Å²) < 4.78 is 0. The van der Waals surface area contributed by atoms with E-state index in [0.29, 0.717) is 65.4 Å². The van der Waals surface area contributed by atoms with Gasteiger partial charge in [0.15, 0.2) is 0 Å². The predicted molar refractivity (Wildman–Crippen MR) is 142 cm³/mol. The van der Waals surface area contributed by atoms with Gasteiger partial charge in [0.2, 0.25) is 0 Å². The molecule has 0 aliphatic carbocycles. The highest BCUT2D eigenvalue weighted by molar-refractivity contribution is 4.47. The molecule has 32 heavy (non-hydrogen) atoms. The Hall–Kier alpha value is -0.560. The van der Waals surface area contributed by atoms with Gasteiger partial charge in [-0.05, 0) is 0 Å². The van der Waals surface area contributed by atoms with Crippen molar-refractivity contribution in [3.8, 4) is 0 Å². The van der Waals surface area contributed by atoms with E-state index in [9.17, 15) is 0 Å². The molecular formula is C18H60N14. The molecule has 202 valence electrons. The number of rotatable bonds is 17. The molecule has 0 aromatic rings. The van der Waals surface area contributed by atoms with Crippen LogP contribution in [0.1, 0.15) is 0 Å². The van der Waals surface area contributed by atoms with Crippen LogP contribution in [-0.4, -0.2) is 118 Å². The van der Waals surface area contributed by atoms with Crippen LogP contribution in [0.25, 0.3) is 0 Å². The van der Waals surface area contributed by atoms with Gasteiger partial charge in [0, 0.05) is 118 Å². The van der Waals surface area contributed by atoms with Crippen molar-refractivity contribution in [2.45, 2.75) is 0 Å². The number of hydrogen-bond acceptors (Lipinski definition) is 14. The van der Waals surface area contributed by atoms with Crippen molar-refractivity contribution in [3.63, 3.8) is 0 Å². The second-order valence-corrected chi connectivity index (χ2v) is 5.89. The van der Waals surface area contributed by atoms with Crippen molar-refractivity contribution in [2.75, 3.05) is 118 Å². The van der Waals surface area contributed by atoms with E-state index in [1.165, 1.54) is 0 Å². The van der Waals surface area contributed by atoms with E-state index in [2.05, 4.69) is 21.3 Å². The van der Waals surface area contributed by atoms with Crippen LogP contribution >= 0.6 is 0 Å². The molecule has 0 aromatic carbocycles. The monoisotopic (exact) mass is 473 g/mol. The largest absolute Gasteiger partial charge is 0.329 e. The van der Waals surface area contributed by atoms with Gasteiger partial charge in [0.05, 0.1) is 0 Å². The molecule has 0 aliphatic rings. The molecule has 0 bridgehead atoms. The smallest absolute Gasteiger partial charge is 0.00750 e. The molecule has 0 heterocycles. The van der Waals surface area contributed by atoms with Crippen LogP contribution in [-0.2, 0) is 0 Å². The van der Waals surface area contributed by atoms with Gasteiger partial charge < -0.3 is 78.6 Å². The Bertz CT molecular complexity index is 170. The first-order valence-corrected chi connectivity index (χ1v) is 11.4. The molecule has 24 N–H and O–H groups in total. The fraction of sp³-hybridized carbons (Fsp3) is 1.00. The van der Waals surface area contributed by atoms with E-state index < -0.39 is 0 Å². The summed E-state index contributed by atoms with van der Waals surface area (Å²) in [5.41, 5.74) is 51.1. The zero-order chi connectivity index (χ0) is 25.6. The second-order valence-electron chi connectivity index (χ2n) is 5.89. The molecule has 0 saturated carbocycles. The number of hydrogen-bond donors (Lipinski definition) is 14. The maximum atomic E-state index is 5.17. The predicted octanol–water partition coefficient (Wildman–Crippen LogP) is -7.12. The van der Waals surface area contributed by atoms with Crippen molar-refractivity contribution in [1.29, 1.82) is 0 Å². The first-order valence-electron chi connectivity index (χ1n) is 11.4. The fourth-order valence-corrected chi connectivity index (χ4v) is 1.32. The summed E-state index contributed by atoms with van der Waals surface area (Å²) in [4.78, 5) is 0. The third-order valence-corrected chi connectivity index (χ3v) is 2.74. The second kappa shape index (κ2) is 57.4. The lowest BCUT2D eigenvalue weighted by molar-refractivity contribution is 0.696. The zero-order valence-electron chi connectivity index (χ0n) is 20.5. The summed E-state index contributed by atoms with van der Waals surface area (Å²) in [5, 5.41) is 12.1. The van der Waals surface area contributed by atoms with Crippen molar-refractivity contribution in [1.82, 2.24) is 21.3 Å². The van der Waals surface area contributed by atoms with E-state index in [-0.39, 0.29) is 0 Å². The van der Waals surface area contributed by atoms with Gasteiger partial charge in [0.1, 0.15) is 0 Å². The van der Waals surface area contributed by atoms with Crippen molar-refractivity contribution in [3.05, 3.63) is 0 Å². The minimum Gasteiger partial charge on any atom is -0.329 e. The fourth-order valence-electron chi connectivity index (χ4n) is 1.32. The van der Waals surface area contributed by atoms with Gasteiger partial charge in [0.25, 0.3) is 0 Å². The summed E-state index contributed by atoms with van der Waals surface area (Å²) in [7, 11) is 0. The highest BCUT2D eigenvalue weighted by atomic mass is 14.9. The van der Waals surface area contributed by atoms with E-state index >= 15 is 0 Å². The Morgan fingerprint density at radius 3 is 0.406 bits per heavy atom. The lowest BCUT2D eigenvalue weighted by atomic mass is 10.6. The van der Waals surface area contributed by atoms with Crippen LogP contribution in [0.4, 0.5) is 0 Å². The molecule has 0 spiro atoms. The maximum Gasteiger partial charge on any atom is 0.00750 e. The van der Waals surface area contributed by atoms with Crippen LogP contribution in [0.2, 0.25) is 0 Å². The van der Waals surface area contributed by atoms with Gasteiger partial charge in [-0.3, -0.25) is 0 Å². The molecular weight excluding hydrogens is 412 g/mol. The quantitative estimate of drug-likeness (QED) is 0.0874. The minimum absolute atomic E-state index is 0.597. The van der Waals surface area contributed by atoms with Crippen molar-refractivity contribution < 1.29 is 0 Å². The maximum absolute atomic E-state index is 5.17. The molecule has 0 aliphatic heterocycles. The molecule has 0 radical (unpaired) electrons. The van der Waals surface area contributed by atoms with Crippen LogP contribution in [0.3, 0.4) is 0 Å². The summed E-state index contributed by atoms with van der Waals surface area (Å²) in [6.07, 6.45) is 0. The van der Waals surface area contributed by atoms with Crippen molar-refractivity contribution >= 4 is 0 Å². The molecule has 0 rings (SSSR count). The highest BCUT2D eigenvalue weighted by Crippen LogP contribution is 1.51. The summed E-state index contributed by atoms with van der Waals surface area (Å²) in [6, 6.07) is 0. The zero-order valence-corrected chi connectivity index (χ0v) is 20.5. The van der Waals surface area contributed by atoms with E-state index in [1.807, 2.05) is 0 Å². The molecule has 0 aromatic heterocycles. The molecule has 0 atom stereocenters. The molecule has 0 unspecified atom stereocenters. The lowest BCUT2D eigenvalue weighted by Gasteiger charge is -1.95. The van der Waals surface area contributed by atoms with Gasteiger partial charge in [-0.1, -0.05) is 0 Å². The summed E-state index contributed by atoms with van der Waals surface area (Å²) in [5.74, 6) is 0. The SMILES string of the molecule is NCCN.NCCNCCN.NCCNCCN.NCCNCCN.NCCNCCN. The third-order valence-electron chi connectivity index (χ3n) is 2.74. The lowest BCUT2D eigenvalue weighted by Crippen LogP contribution is -2.27. The van der Waals surface area contributed by atoms with Crippen LogP contribution in [0.5, 0.6) is 0 Å². The molecule has 0 saturated heterocycles. The molecule has 14 heteroatoms. The average Bonchev–Trinajstić information content (AvgIpc) is 2.82. The van der Waals surface area contributed by atoms with Crippen LogP contribution < -0.4 is 78.6 Å². The molecule has 0 fully saturated rings. The van der Waals surface area contributed by atoms with Gasteiger partial charge >= 0.3 is 0 Å². The Labute approximate surface area is 197 Å². The summed E-state index contributed by atoms with van der Waals surface area (Å²) in [6.45, 7) is 13.7. The number of nitrogens with one attached hydrogen (secondary N) is 4. The van der Waals surface area contributed by atoms with Crippen LogP contribution in [0.15, 0.2) is 0 Å². The Balaban J connectivity index is -0.0000000960. The summed E-state index contributed by atoms with van der Waals surface area (Å²) >= 11 is 0. The first kappa shape index (κ1) is 41.7. The van der Waals surface area contributed by atoms with E-state index in [1.54, 1.807) is 0 Å².